The molecule has 50 heavy (non-hydrogen) atoms. The molecule has 4 heterocycles. The Morgan fingerprint density at radius 1 is 0.720 bits per heavy atom. The van der Waals surface area contributed by atoms with E-state index in [1.807, 2.05) is 24.2 Å². The predicted molar refractivity (Wildman–Crippen MR) is 203 cm³/mol. The molecule has 2 saturated heterocycles. The number of aromatic nitrogens is 2. The Kier molecular flexibility index (Phi) is 9.51. The minimum atomic E-state index is 0.00155. The van der Waals surface area contributed by atoms with Crippen molar-refractivity contribution in [1.82, 2.24) is 19.8 Å². The summed E-state index contributed by atoms with van der Waals surface area (Å²) >= 11 is 0. The molecule has 3 aliphatic rings. The summed E-state index contributed by atoms with van der Waals surface area (Å²) in [4.78, 5) is 43.9. The highest BCUT2D eigenvalue weighted by molar-refractivity contribution is 6.09. The molecule has 0 spiro atoms. The lowest BCUT2D eigenvalue weighted by Gasteiger charge is -2.29. The molecule has 3 aromatic carbocycles. The first kappa shape index (κ1) is 34.0. The van der Waals surface area contributed by atoms with E-state index >= 15 is 0 Å². The molecule has 1 N–H and O–H groups in total. The van der Waals surface area contributed by atoms with Crippen LogP contribution in [0.2, 0.25) is 0 Å². The maximum absolute atomic E-state index is 13.3. The summed E-state index contributed by atoms with van der Waals surface area (Å²) in [5.74, 6) is 2.02. The van der Waals surface area contributed by atoms with Gasteiger partial charge in [0, 0.05) is 43.3 Å². The number of nitrogens with zero attached hydrogens (tertiary/aromatic N) is 4. The van der Waals surface area contributed by atoms with Crippen LogP contribution in [0.25, 0.3) is 38.7 Å². The van der Waals surface area contributed by atoms with E-state index in [1.54, 1.807) is 0 Å². The van der Waals surface area contributed by atoms with E-state index in [1.165, 1.54) is 27.5 Å². The van der Waals surface area contributed by atoms with Crippen molar-refractivity contribution < 1.29 is 9.59 Å². The van der Waals surface area contributed by atoms with E-state index in [9.17, 15) is 9.59 Å². The van der Waals surface area contributed by atoms with E-state index in [2.05, 4.69) is 105 Å². The number of hydrogen-bond acceptors (Lipinski definition) is 4. The number of hydrogen-bond donors (Lipinski definition) is 1. The fraction of sp³-hybridized carbons (Fsp3) is 0.442. The molecule has 260 valence electrons. The lowest BCUT2D eigenvalue weighted by atomic mass is 9.90. The van der Waals surface area contributed by atoms with Crippen LogP contribution in [0.1, 0.15) is 91.1 Å². The Labute approximate surface area is 296 Å². The third-order valence-electron chi connectivity index (χ3n) is 11.7. The van der Waals surface area contributed by atoms with Gasteiger partial charge in [-0.2, -0.15) is 0 Å². The van der Waals surface area contributed by atoms with Crippen molar-refractivity contribution in [1.29, 1.82) is 0 Å². The second kappa shape index (κ2) is 14.0. The number of carbonyl (C=O) groups is 2. The highest BCUT2D eigenvalue weighted by Crippen LogP contribution is 2.39. The number of fused-ring (bicyclic) bond motifs is 1. The first-order valence-electron chi connectivity index (χ1n) is 18.7. The molecule has 7 nitrogen and oxygen atoms in total. The molecule has 7 rings (SSSR count). The van der Waals surface area contributed by atoms with Crippen molar-refractivity contribution in [3.8, 4) is 22.4 Å². The number of imidazole rings is 1. The van der Waals surface area contributed by atoms with Gasteiger partial charge in [0.1, 0.15) is 5.82 Å². The number of nitrogens with one attached hydrogen (secondary N) is 1. The summed E-state index contributed by atoms with van der Waals surface area (Å²) < 4.78 is 0. The molecule has 0 aliphatic carbocycles. The maximum atomic E-state index is 13.3. The van der Waals surface area contributed by atoms with Crippen LogP contribution in [0.15, 0.2) is 78.1 Å². The summed E-state index contributed by atoms with van der Waals surface area (Å²) in [6.45, 7) is 14.2. The average Bonchev–Trinajstić information content (AvgIpc) is 3.96. The standard InChI is InChI=1S/C43H51N5O2/c1-26(2)28(5)42(49)47-21-9-13-39(47)37-23-32(24-44-37)34-20-19-33(35-11-7-8-12-36(34)35)30-15-17-31(18-16-30)38-25-45-41(46-38)40-14-10-22-48(40)43(50)29(6)27(3)4/h7-8,11-12,15-20,24-29,39-40H,9-10,13-14,21-23H2,1-6H3,(H,45,46)/t28-,29-,39-,40-/m0/s1. The molecule has 3 aliphatic heterocycles. The number of H-pyrrole nitrogens is 1. The highest BCUT2D eigenvalue weighted by Gasteiger charge is 2.37. The molecule has 4 aromatic rings. The van der Waals surface area contributed by atoms with E-state index in [4.69, 9.17) is 9.98 Å². The van der Waals surface area contributed by atoms with Crippen LogP contribution in [0.3, 0.4) is 0 Å². The molecule has 2 fully saturated rings. The van der Waals surface area contributed by atoms with Crippen LogP contribution < -0.4 is 0 Å². The van der Waals surface area contributed by atoms with Gasteiger partial charge in [-0.15, -0.1) is 0 Å². The molecule has 2 amide bonds. The number of likely N-dealkylation sites (tertiary alicyclic amines) is 2. The van der Waals surface area contributed by atoms with Gasteiger partial charge in [-0.1, -0.05) is 102 Å². The van der Waals surface area contributed by atoms with Gasteiger partial charge in [-0.25, -0.2) is 4.98 Å². The second-order valence-corrected chi connectivity index (χ2v) is 15.4. The van der Waals surface area contributed by atoms with Crippen molar-refractivity contribution in [2.75, 3.05) is 13.1 Å². The molecule has 1 aromatic heterocycles. The molecule has 0 bridgehead atoms. The third kappa shape index (κ3) is 6.31. The highest BCUT2D eigenvalue weighted by atomic mass is 16.2. The molecule has 0 radical (unpaired) electrons. The van der Waals surface area contributed by atoms with Gasteiger partial charge < -0.3 is 14.8 Å². The summed E-state index contributed by atoms with van der Waals surface area (Å²) in [6, 6.07) is 21.9. The van der Waals surface area contributed by atoms with Gasteiger partial charge in [0.05, 0.1) is 24.0 Å². The van der Waals surface area contributed by atoms with Gasteiger partial charge in [0.2, 0.25) is 11.8 Å². The minimum absolute atomic E-state index is 0.00155. The number of aromatic amines is 1. The first-order chi connectivity index (χ1) is 24.1. The SMILES string of the molecule is CC(C)[C@H](C)C(=O)N1CCC[C@H]1C1=NC=C(c2ccc(-c3ccc(-c4cnc([C@@H]5CCCN5C(=O)[C@@H](C)C(C)C)[nH]4)cc3)c3ccccc23)C1. The van der Waals surface area contributed by atoms with E-state index in [-0.39, 0.29) is 35.7 Å². The predicted octanol–water partition coefficient (Wildman–Crippen LogP) is 9.32. The topological polar surface area (TPSA) is 81.7 Å². The summed E-state index contributed by atoms with van der Waals surface area (Å²) in [7, 11) is 0. The molecule has 4 atom stereocenters. The van der Waals surface area contributed by atoms with Gasteiger partial charge >= 0.3 is 0 Å². The monoisotopic (exact) mass is 669 g/mol. The number of benzene rings is 3. The smallest absolute Gasteiger partial charge is 0.226 e. The molecule has 0 saturated carbocycles. The molecule has 0 unspecified atom stereocenters. The van der Waals surface area contributed by atoms with E-state index < -0.39 is 0 Å². The van der Waals surface area contributed by atoms with Crippen LogP contribution in [-0.2, 0) is 9.59 Å². The van der Waals surface area contributed by atoms with Gasteiger partial charge in [-0.05, 0) is 76.1 Å². The van der Waals surface area contributed by atoms with Crippen LogP contribution in [0.4, 0.5) is 0 Å². The van der Waals surface area contributed by atoms with E-state index in [0.717, 1.165) is 73.6 Å². The Morgan fingerprint density at radius 3 is 1.92 bits per heavy atom. The van der Waals surface area contributed by atoms with Gasteiger partial charge in [0.25, 0.3) is 0 Å². The van der Waals surface area contributed by atoms with Gasteiger partial charge in [0.15, 0.2) is 0 Å². The van der Waals surface area contributed by atoms with Crippen molar-refractivity contribution in [2.45, 2.75) is 85.7 Å². The largest absolute Gasteiger partial charge is 0.340 e. The summed E-state index contributed by atoms with van der Waals surface area (Å²) in [5.41, 5.74) is 7.92. The Bertz CT molecular complexity index is 1950. The number of carbonyl (C=O) groups excluding carboxylic acids is 2. The fourth-order valence-corrected chi connectivity index (χ4v) is 7.91. The quantitative estimate of drug-likeness (QED) is 0.193. The van der Waals surface area contributed by atoms with Crippen LogP contribution >= 0.6 is 0 Å². The number of amides is 2. The molecule has 7 heteroatoms. The van der Waals surface area contributed by atoms with Crippen molar-refractivity contribution in [3.63, 3.8) is 0 Å². The molecular weight excluding hydrogens is 619 g/mol. The van der Waals surface area contributed by atoms with Crippen molar-refractivity contribution in [2.24, 2.45) is 28.7 Å². The Morgan fingerprint density at radius 2 is 1.28 bits per heavy atom. The first-order valence-corrected chi connectivity index (χ1v) is 18.7. The second-order valence-electron chi connectivity index (χ2n) is 15.4. The Balaban J connectivity index is 1.08. The van der Waals surface area contributed by atoms with Crippen LogP contribution in [-0.4, -0.2) is 56.4 Å². The number of aliphatic imine (C=N–C) groups is 1. The zero-order valence-electron chi connectivity index (χ0n) is 30.4. The molecular formula is C43H51N5O2. The lowest BCUT2D eigenvalue weighted by Crippen LogP contribution is -2.43. The third-order valence-corrected chi connectivity index (χ3v) is 11.7. The lowest BCUT2D eigenvalue weighted by molar-refractivity contribution is -0.137. The summed E-state index contributed by atoms with van der Waals surface area (Å²) in [5, 5.41) is 2.42. The number of rotatable bonds is 9. The Hall–Kier alpha value is -4.52. The summed E-state index contributed by atoms with van der Waals surface area (Å²) in [6.07, 6.45) is 8.67. The van der Waals surface area contributed by atoms with Gasteiger partial charge in [-0.3, -0.25) is 14.6 Å². The fourth-order valence-electron chi connectivity index (χ4n) is 7.91. The maximum Gasteiger partial charge on any atom is 0.226 e. The van der Waals surface area contributed by atoms with Crippen molar-refractivity contribution in [3.05, 3.63) is 84.4 Å². The number of allylic oxidation sites excluding steroid dienone is 1. The van der Waals surface area contributed by atoms with Crippen LogP contribution in [0.5, 0.6) is 0 Å². The average molecular weight is 670 g/mol. The normalized spacial score (nSPS) is 20.6. The zero-order chi connectivity index (χ0) is 35.1. The van der Waals surface area contributed by atoms with E-state index in [0.29, 0.717) is 11.8 Å². The zero-order valence-corrected chi connectivity index (χ0v) is 30.4. The van der Waals surface area contributed by atoms with Crippen molar-refractivity contribution >= 4 is 33.9 Å². The minimum Gasteiger partial charge on any atom is -0.340 e. The van der Waals surface area contributed by atoms with Crippen LogP contribution in [0, 0.1) is 23.7 Å².